The quantitative estimate of drug-likeness (QED) is 0.119. The Bertz CT molecular complexity index is 7490. The fourth-order valence-electron chi connectivity index (χ4n) is 18.6. The van der Waals surface area contributed by atoms with Crippen molar-refractivity contribution in [3.8, 4) is 138 Å². The van der Waals surface area contributed by atoms with Gasteiger partial charge in [-0.3, -0.25) is 0 Å². The average molecular weight is 1760 g/mol. The number of benzene rings is 18. The Labute approximate surface area is 782 Å². The Morgan fingerprint density at radius 3 is 0.574 bits per heavy atom. The zero-order valence-corrected chi connectivity index (χ0v) is 72.4. The van der Waals surface area contributed by atoms with E-state index < -0.39 is 0 Å². The van der Waals surface area contributed by atoms with Gasteiger partial charge in [-0.2, -0.15) is 10.5 Å². The summed E-state index contributed by atoms with van der Waals surface area (Å²) < 4.78 is 38.2. The third-order valence-corrected chi connectivity index (χ3v) is 24.4. The molecule has 0 spiro atoms. The summed E-state index contributed by atoms with van der Waals surface area (Å²) in [7, 11) is 0. The lowest BCUT2D eigenvalue weighted by Crippen LogP contribution is -2.20. The van der Waals surface area contributed by atoms with Gasteiger partial charge in [0, 0.05) is 34.6 Å². The molecule has 0 amide bonds. The van der Waals surface area contributed by atoms with E-state index in [1.807, 2.05) is 328 Å². The molecule has 0 fully saturated rings. The number of para-hydroxylation sites is 24. The van der Waals surface area contributed by atoms with Crippen LogP contribution in [0.3, 0.4) is 0 Å². The zero-order chi connectivity index (χ0) is 90.5. The summed E-state index contributed by atoms with van der Waals surface area (Å²) in [4.78, 5) is 38.4. The maximum absolute atomic E-state index is 10.4. The Hall–Kier alpha value is -19.4. The normalized spacial score (nSPS) is 12.5. The molecule has 0 unspecified atom stereocenters. The van der Waals surface area contributed by atoms with E-state index in [4.69, 9.17) is 53.3 Å². The minimum Gasteiger partial charge on any atom is -0.453 e. The third kappa shape index (κ3) is 14.0. The van der Waals surface area contributed by atoms with E-state index in [2.05, 4.69) is 126 Å². The highest BCUT2D eigenvalue weighted by atomic mass is 16.5. The SMILES string of the molecule is N#Cc1cccc(C#N)c1-c1c(N2c3ccccc3Oc3ccccc32)cccc1N1c2ccccc2Oc2ccccc21.c1ccc(-c2nc(-c3ccccc3)nc(-c3c(N4c5ccccc5Oc5ccccc54)cccc3N3c4ccccc4Oc4ccccc43)n2)cc1.c1cnc(-c2c(N3c4ccccc4Oc4ccccc43)cccc2N2c3ccccc3Oc3ccccc32)nc1. The van der Waals surface area contributed by atoms with Crippen LogP contribution in [0.1, 0.15) is 11.1 Å². The van der Waals surface area contributed by atoms with Crippen molar-refractivity contribution in [2.24, 2.45) is 0 Å². The molecule has 0 N–H and O–H groups in total. The van der Waals surface area contributed by atoms with Gasteiger partial charge in [0.15, 0.2) is 92.3 Å². The molecule has 642 valence electrons. The maximum atomic E-state index is 10.4. The minimum absolute atomic E-state index is 0.405. The number of ether oxygens (including phenoxy) is 6. The molecular weight excluding hydrogens is 1680 g/mol. The number of rotatable bonds is 11. The standard InChI is InChI=1S/C45H29N5O2.C38H22N4O2.C34H22N4O2/c1-3-16-30(17-4-1)43-46-44(31-18-5-2-6-19-31)48-45(47-43)42-36(49-32-20-7-11-26-38(32)51-39-27-12-8-21-33(39)49)24-15-25-37(42)50-34-22-9-13-28-40(34)52-41-29-14-10-23-35(41)50;39-23-25-11-9-12-26(24-40)37(25)38-31(41-27-13-1-5-19-33(27)43-34-20-6-2-14-28(34)41)17-10-18-32(38)42-29-15-3-7-21-35(29)44-36-22-8-4-16-30(36)42;1-5-17-29-23(11-1)37(24-12-2-6-18-30(24)39-29)27-15-9-16-28(33(27)34-35-21-10-22-36-34)38-25-13-3-7-19-31(25)40-32-20-8-4-14-26(32)38/h1-29H;1-22H;1-22H. The van der Waals surface area contributed by atoms with Crippen LogP contribution in [0.15, 0.2) is 443 Å². The van der Waals surface area contributed by atoms with Crippen LogP contribution in [0.5, 0.6) is 69.0 Å². The molecule has 18 aromatic carbocycles. The van der Waals surface area contributed by atoms with Gasteiger partial charge in [0.25, 0.3) is 0 Å². The second-order valence-corrected chi connectivity index (χ2v) is 32.3. The van der Waals surface area contributed by atoms with Crippen molar-refractivity contribution >= 4 is 102 Å². The number of fused-ring (bicyclic) bond motifs is 12. The van der Waals surface area contributed by atoms with Crippen molar-refractivity contribution in [1.82, 2.24) is 24.9 Å². The highest BCUT2D eigenvalue weighted by Crippen LogP contribution is 2.63. The molecule has 136 heavy (non-hydrogen) atoms. The minimum atomic E-state index is 0.405. The van der Waals surface area contributed by atoms with Crippen LogP contribution in [-0.4, -0.2) is 24.9 Å². The van der Waals surface area contributed by atoms with Crippen LogP contribution < -0.4 is 57.8 Å². The summed E-state index contributed by atoms with van der Waals surface area (Å²) in [5.41, 5.74) is 21.6. The van der Waals surface area contributed by atoms with Crippen LogP contribution in [0.4, 0.5) is 102 Å². The molecule has 2 aromatic heterocycles. The van der Waals surface area contributed by atoms with Crippen LogP contribution in [-0.2, 0) is 0 Å². The maximum Gasteiger partial charge on any atom is 0.168 e. The van der Waals surface area contributed by atoms with Crippen LogP contribution in [0.2, 0.25) is 0 Å². The van der Waals surface area contributed by atoms with Crippen LogP contribution in [0.25, 0.3) is 56.7 Å². The Morgan fingerprint density at radius 1 is 0.162 bits per heavy atom. The van der Waals surface area contributed by atoms with Gasteiger partial charge in [-0.25, -0.2) is 24.9 Å². The second-order valence-electron chi connectivity index (χ2n) is 32.3. The zero-order valence-electron chi connectivity index (χ0n) is 72.4. The number of hydrogen-bond donors (Lipinski definition) is 0. The summed E-state index contributed by atoms with van der Waals surface area (Å²) in [5.74, 6) is 11.3. The molecule has 0 saturated heterocycles. The van der Waals surface area contributed by atoms with E-state index >= 15 is 0 Å². The molecule has 8 heterocycles. The van der Waals surface area contributed by atoms with Crippen molar-refractivity contribution in [3.05, 3.63) is 454 Å². The van der Waals surface area contributed by atoms with Crippen molar-refractivity contribution in [1.29, 1.82) is 10.5 Å². The second kappa shape index (κ2) is 34.2. The number of aromatic nitrogens is 5. The summed E-state index contributed by atoms with van der Waals surface area (Å²) in [6, 6.07) is 147. The van der Waals surface area contributed by atoms with Gasteiger partial charge < -0.3 is 57.8 Å². The lowest BCUT2D eigenvalue weighted by atomic mass is 9.90. The van der Waals surface area contributed by atoms with Crippen molar-refractivity contribution in [3.63, 3.8) is 0 Å². The molecule has 6 aliphatic heterocycles. The first-order valence-corrected chi connectivity index (χ1v) is 44.4. The molecule has 20 aromatic rings. The Kier molecular flexibility index (Phi) is 20.1. The van der Waals surface area contributed by atoms with Crippen molar-refractivity contribution in [2.75, 3.05) is 29.4 Å². The predicted octanol–water partition coefficient (Wildman–Crippen LogP) is 31.6. The van der Waals surface area contributed by atoms with Gasteiger partial charge in [0.2, 0.25) is 0 Å². The molecule has 19 heteroatoms. The summed E-state index contributed by atoms with van der Waals surface area (Å²) in [5, 5.41) is 20.8. The topological polar surface area (TPSA) is 187 Å². The molecule has 0 atom stereocenters. The van der Waals surface area contributed by atoms with E-state index in [1.165, 1.54) is 0 Å². The Balaban J connectivity index is 0.000000113. The van der Waals surface area contributed by atoms with Gasteiger partial charge in [0.05, 0.1) is 137 Å². The molecule has 0 saturated carbocycles. The first kappa shape index (κ1) is 80.0. The fraction of sp³-hybridized carbons (Fsp3) is 0. The summed E-state index contributed by atoms with van der Waals surface area (Å²) in [6.07, 6.45) is 3.57. The van der Waals surface area contributed by atoms with Crippen molar-refractivity contribution in [2.45, 2.75) is 0 Å². The van der Waals surface area contributed by atoms with Crippen LogP contribution in [0, 0.1) is 22.7 Å². The monoisotopic (exact) mass is 1760 g/mol. The Morgan fingerprint density at radius 2 is 0.346 bits per heavy atom. The number of anilines is 18. The molecule has 6 aliphatic rings. The molecule has 26 rings (SSSR count). The highest BCUT2D eigenvalue weighted by Gasteiger charge is 2.39. The van der Waals surface area contributed by atoms with Gasteiger partial charge in [-0.15, -0.1) is 0 Å². The van der Waals surface area contributed by atoms with Crippen LogP contribution >= 0.6 is 0 Å². The summed E-state index contributed by atoms with van der Waals surface area (Å²) in [6.45, 7) is 0. The average Bonchev–Trinajstić information content (AvgIpc) is 0.730. The van der Waals surface area contributed by atoms with E-state index in [9.17, 15) is 10.5 Å². The fourth-order valence-corrected chi connectivity index (χ4v) is 18.6. The molecule has 0 bridgehead atoms. The van der Waals surface area contributed by atoms with Gasteiger partial charge in [-0.05, 0) is 200 Å². The largest absolute Gasteiger partial charge is 0.453 e. The van der Waals surface area contributed by atoms with E-state index in [1.54, 1.807) is 30.6 Å². The number of nitrogens with zero attached hydrogens (tertiary/aromatic N) is 13. The van der Waals surface area contributed by atoms with Crippen molar-refractivity contribution < 1.29 is 28.4 Å². The first-order valence-electron chi connectivity index (χ1n) is 44.4. The van der Waals surface area contributed by atoms with Gasteiger partial charge in [0.1, 0.15) is 0 Å². The number of hydrogen-bond acceptors (Lipinski definition) is 19. The van der Waals surface area contributed by atoms with E-state index in [0.29, 0.717) is 63.0 Å². The molecule has 19 nitrogen and oxygen atoms in total. The molecular formula is C117H73N13O6. The smallest absolute Gasteiger partial charge is 0.168 e. The first-order chi connectivity index (χ1) is 67.4. The molecule has 0 radical (unpaired) electrons. The summed E-state index contributed by atoms with van der Waals surface area (Å²) >= 11 is 0. The van der Waals surface area contributed by atoms with E-state index in [0.717, 1.165) is 176 Å². The van der Waals surface area contributed by atoms with Gasteiger partial charge >= 0.3 is 0 Å². The lowest BCUT2D eigenvalue weighted by molar-refractivity contribution is 0.476. The molecule has 0 aliphatic carbocycles. The predicted molar refractivity (Wildman–Crippen MR) is 533 cm³/mol. The number of nitriles is 2. The highest BCUT2D eigenvalue weighted by molar-refractivity contribution is 6.07. The van der Waals surface area contributed by atoms with Gasteiger partial charge in [-0.1, -0.05) is 231 Å². The lowest BCUT2D eigenvalue weighted by Gasteiger charge is -2.37. The van der Waals surface area contributed by atoms with E-state index in [-0.39, 0.29) is 0 Å². The third-order valence-electron chi connectivity index (χ3n) is 24.4.